The molecule has 0 bridgehead atoms. The summed E-state index contributed by atoms with van der Waals surface area (Å²) in [5.74, 6) is 1.27. The number of nitrogens with zero attached hydrogens (tertiary/aromatic N) is 1. The van der Waals surface area contributed by atoms with Gasteiger partial charge in [0.25, 0.3) is 0 Å². The molecule has 3 aliphatic carbocycles. The number of hydrogen-bond donors (Lipinski definition) is 1. The first-order chi connectivity index (χ1) is 35.5. The standard InChI is InChI=1S/C70H54N2/c1-46-28-30-49(31-29-46)54-39-53(48-17-5-3-6-18-48)43-59(44-54)71-58-35-37-64(52-34-36-63-51(38-52)33-32-50-19-10-12-23-62(50)63)67(45-58)57-41-55(61-22-11-9-16-47(61)2)40-56(42-57)65-25-15-27-69-70(65)66-24-13-14-26-68(66)72(69)60-20-7-4-8-21-60/h3-28,30-46,50,62,71H,29H2,1-2H3. The maximum atomic E-state index is 3.96. The van der Waals surface area contributed by atoms with Crippen LogP contribution in [-0.4, -0.2) is 4.57 Å². The van der Waals surface area contributed by atoms with Crippen molar-refractivity contribution in [1.82, 2.24) is 4.57 Å². The molecule has 0 radical (unpaired) electrons. The van der Waals surface area contributed by atoms with Crippen LogP contribution in [0.3, 0.4) is 0 Å². The first kappa shape index (κ1) is 43.3. The fourth-order valence-corrected chi connectivity index (χ4v) is 11.5. The van der Waals surface area contributed by atoms with E-state index in [-0.39, 0.29) is 0 Å². The molecule has 3 unspecified atom stereocenters. The Morgan fingerprint density at radius 2 is 1.17 bits per heavy atom. The summed E-state index contributed by atoms with van der Waals surface area (Å²) in [5.41, 5.74) is 23.9. The maximum absolute atomic E-state index is 3.96. The summed E-state index contributed by atoms with van der Waals surface area (Å²) >= 11 is 0. The molecule has 9 aromatic carbocycles. The van der Waals surface area contributed by atoms with Crippen LogP contribution < -0.4 is 5.32 Å². The molecule has 3 aliphatic rings. The van der Waals surface area contributed by atoms with Crippen LogP contribution in [0.1, 0.15) is 41.5 Å². The number of para-hydroxylation sites is 2. The highest BCUT2D eigenvalue weighted by molar-refractivity contribution is 6.16. The molecule has 0 aliphatic heterocycles. The number of rotatable bonds is 9. The number of benzene rings is 9. The second kappa shape index (κ2) is 18.2. The van der Waals surface area contributed by atoms with E-state index in [1.54, 1.807) is 0 Å². The van der Waals surface area contributed by atoms with E-state index in [1.807, 2.05) is 0 Å². The third-order valence-electron chi connectivity index (χ3n) is 15.2. The van der Waals surface area contributed by atoms with Crippen molar-refractivity contribution in [3.63, 3.8) is 0 Å². The Labute approximate surface area is 423 Å². The minimum atomic E-state index is 0.346. The summed E-state index contributed by atoms with van der Waals surface area (Å²) in [5, 5.41) is 6.44. The Balaban J connectivity index is 1.02. The Bertz CT molecular complexity index is 3890. The van der Waals surface area contributed by atoms with Gasteiger partial charge in [0.1, 0.15) is 0 Å². The van der Waals surface area contributed by atoms with Crippen molar-refractivity contribution in [2.75, 3.05) is 5.32 Å². The molecule has 13 rings (SSSR count). The van der Waals surface area contributed by atoms with E-state index in [1.165, 1.54) is 99.7 Å². The summed E-state index contributed by atoms with van der Waals surface area (Å²) in [4.78, 5) is 0. The topological polar surface area (TPSA) is 17.0 Å². The lowest BCUT2D eigenvalue weighted by molar-refractivity contribution is 0.692. The summed E-state index contributed by atoms with van der Waals surface area (Å²) in [7, 11) is 0. The van der Waals surface area contributed by atoms with Gasteiger partial charge in [0.15, 0.2) is 0 Å². The summed E-state index contributed by atoms with van der Waals surface area (Å²) < 4.78 is 2.42. The lowest BCUT2D eigenvalue weighted by Crippen LogP contribution is -2.13. The molecule has 1 heterocycles. The van der Waals surface area contributed by atoms with Gasteiger partial charge in [-0.05, 0) is 182 Å². The molecule has 0 amide bonds. The van der Waals surface area contributed by atoms with Crippen molar-refractivity contribution >= 4 is 44.8 Å². The third-order valence-corrected chi connectivity index (χ3v) is 15.2. The SMILES string of the molecule is Cc1ccccc1-c1cc(-c2cc(Nc3cc(C4=CCC(C)C=C4)cc(-c4ccccc4)c3)ccc2-c2ccc3c(c2)C=CC2C=CC=CC32)cc(-c2cccc3c2c2ccccc2n3-c2ccccc2)c1. The van der Waals surface area contributed by atoms with Gasteiger partial charge in [-0.15, -0.1) is 0 Å². The van der Waals surface area contributed by atoms with Crippen molar-refractivity contribution < 1.29 is 0 Å². The van der Waals surface area contributed by atoms with Crippen LogP contribution in [0.2, 0.25) is 0 Å². The van der Waals surface area contributed by atoms with Crippen LogP contribution in [0.4, 0.5) is 11.4 Å². The number of hydrogen-bond acceptors (Lipinski definition) is 1. The van der Waals surface area contributed by atoms with Gasteiger partial charge >= 0.3 is 0 Å². The van der Waals surface area contributed by atoms with Gasteiger partial charge in [0, 0.05) is 39.7 Å². The highest BCUT2D eigenvalue weighted by Gasteiger charge is 2.25. The van der Waals surface area contributed by atoms with Crippen LogP contribution in [0.15, 0.2) is 249 Å². The molecule has 0 saturated heterocycles. The quantitative estimate of drug-likeness (QED) is 0.153. The summed E-state index contributed by atoms with van der Waals surface area (Å²) in [6, 6.07) is 74.3. The molecule has 344 valence electrons. The minimum Gasteiger partial charge on any atom is -0.355 e. The van der Waals surface area contributed by atoms with Gasteiger partial charge in [-0.25, -0.2) is 0 Å². The zero-order chi connectivity index (χ0) is 48.1. The Hall–Kier alpha value is -8.72. The Morgan fingerprint density at radius 3 is 2.00 bits per heavy atom. The average Bonchev–Trinajstić information content (AvgIpc) is 3.78. The summed E-state index contributed by atoms with van der Waals surface area (Å²) in [6.07, 6.45) is 21.8. The summed E-state index contributed by atoms with van der Waals surface area (Å²) in [6.45, 7) is 4.51. The number of fused-ring (bicyclic) bond motifs is 6. The lowest BCUT2D eigenvalue weighted by Gasteiger charge is -2.28. The molecular weight excluding hydrogens is 869 g/mol. The monoisotopic (exact) mass is 922 g/mol. The highest BCUT2D eigenvalue weighted by atomic mass is 15.0. The van der Waals surface area contributed by atoms with E-state index < -0.39 is 0 Å². The molecule has 1 N–H and O–H groups in total. The van der Waals surface area contributed by atoms with Crippen molar-refractivity contribution in [3.8, 4) is 61.3 Å². The predicted octanol–water partition coefficient (Wildman–Crippen LogP) is 19.0. The van der Waals surface area contributed by atoms with Crippen molar-refractivity contribution in [3.05, 3.63) is 271 Å². The normalized spacial score (nSPS) is 16.7. The largest absolute Gasteiger partial charge is 0.355 e. The fraction of sp³-hybridized carbons (Fsp3) is 0.0857. The number of aryl methyl sites for hydroxylation is 1. The van der Waals surface area contributed by atoms with Crippen molar-refractivity contribution in [2.24, 2.45) is 11.8 Å². The van der Waals surface area contributed by atoms with E-state index in [0.717, 1.165) is 29.0 Å². The molecule has 2 heteroatoms. The van der Waals surface area contributed by atoms with Crippen LogP contribution in [0.25, 0.3) is 94.8 Å². The van der Waals surface area contributed by atoms with Gasteiger partial charge in [0.2, 0.25) is 0 Å². The van der Waals surface area contributed by atoms with Crippen LogP contribution in [-0.2, 0) is 0 Å². The van der Waals surface area contributed by atoms with Crippen molar-refractivity contribution in [2.45, 2.75) is 26.2 Å². The van der Waals surface area contributed by atoms with Crippen molar-refractivity contribution in [1.29, 1.82) is 0 Å². The van der Waals surface area contributed by atoms with Gasteiger partial charge in [0.05, 0.1) is 11.0 Å². The van der Waals surface area contributed by atoms with E-state index in [9.17, 15) is 0 Å². The van der Waals surface area contributed by atoms with Gasteiger partial charge in [-0.3, -0.25) is 0 Å². The second-order valence-electron chi connectivity index (χ2n) is 19.9. The molecule has 3 atom stereocenters. The highest BCUT2D eigenvalue weighted by Crippen LogP contribution is 2.46. The first-order valence-corrected chi connectivity index (χ1v) is 25.5. The number of allylic oxidation sites excluding steroid dienone is 9. The van der Waals surface area contributed by atoms with E-state index in [4.69, 9.17) is 0 Å². The van der Waals surface area contributed by atoms with E-state index in [0.29, 0.717) is 17.8 Å². The molecule has 0 spiro atoms. The number of anilines is 2. The molecule has 0 saturated carbocycles. The number of nitrogens with one attached hydrogen (secondary N) is 1. The fourth-order valence-electron chi connectivity index (χ4n) is 11.5. The van der Waals surface area contributed by atoms with Crippen LogP contribution in [0.5, 0.6) is 0 Å². The lowest BCUT2D eigenvalue weighted by atomic mass is 9.76. The minimum absolute atomic E-state index is 0.346. The zero-order valence-corrected chi connectivity index (χ0v) is 40.6. The van der Waals surface area contributed by atoms with Gasteiger partial charge in [-0.1, -0.05) is 183 Å². The maximum Gasteiger partial charge on any atom is 0.0547 e. The van der Waals surface area contributed by atoms with E-state index >= 15 is 0 Å². The predicted molar refractivity (Wildman–Crippen MR) is 307 cm³/mol. The average molecular weight is 923 g/mol. The smallest absolute Gasteiger partial charge is 0.0547 e. The molecule has 72 heavy (non-hydrogen) atoms. The Kier molecular flexibility index (Phi) is 11.0. The Morgan fingerprint density at radius 1 is 0.458 bits per heavy atom. The molecular formula is C70H54N2. The third kappa shape index (κ3) is 7.96. The van der Waals surface area contributed by atoms with Crippen LogP contribution >= 0.6 is 0 Å². The molecule has 2 nitrogen and oxygen atoms in total. The first-order valence-electron chi connectivity index (χ1n) is 25.5. The van der Waals surface area contributed by atoms with Gasteiger partial charge in [-0.2, -0.15) is 0 Å². The van der Waals surface area contributed by atoms with Crippen LogP contribution in [0, 0.1) is 18.8 Å². The molecule has 1 aromatic heterocycles. The van der Waals surface area contributed by atoms with Gasteiger partial charge < -0.3 is 9.88 Å². The zero-order valence-electron chi connectivity index (χ0n) is 40.6. The molecule has 10 aromatic rings. The second-order valence-corrected chi connectivity index (χ2v) is 19.9. The van der Waals surface area contributed by atoms with E-state index in [2.05, 4.69) is 279 Å². The molecule has 0 fully saturated rings. The number of aromatic nitrogens is 1.